The number of halogens is 4. The van der Waals surface area contributed by atoms with Crippen molar-refractivity contribution in [2.24, 2.45) is 0 Å². The molecule has 4 rings (SSSR count). The smallest absolute Gasteiger partial charge is 0.354 e. The summed E-state index contributed by atoms with van der Waals surface area (Å²) in [5.41, 5.74) is -0.158. The van der Waals surface area contributed by atoms with Crippen molar-refractivity contribution in [3.05, 3.63) is 66.0 Å². The number of nitrogens with one attached hydrogen (secondary N) is 2. The van der Waals surface area contributed by atoms with Gasteiger partial charge in [0.25, 0.3) is 0 Å². The molecule has 0 aliphatic carbocycles. The first kappa shape index (κ1) is 22.4. The zero-order chi connectivity index (χ0) is 23.6. The second-order valence-corrected chi connectivity index (χ2v) is 7.64. The Morgan fingerprint density at radius 2 is 2.06 bits per heavy atom. The summed E-state index contributed by atoms with van der Waals surface area (Å²) in [6.07, 6.45) is -0.744. The lowest BCUT2D eigenvalue weighted by molar-refractivity contribution is -0.141. The van der Waals surface area contributed by atoms with Gasteiger partial charge in [0.05, 0.1) is 24.4 Å². The average Bonchev–Trinajstić information content (AvgIpc) is 3.24. The van der Waals surface area contributed by atoms with Gasteiger partial charge in [-0.2, -0.15) is 18.3 Å². The van der Waals surface area contributed by atoms with Crippen LogP contribution in [-0.4, -0.2) is 33.1 Å². The molecule has 1 fully saturated rings. The third-order valence-electron chi connectivity index (χ3n) is 5.22. The first-order chi connectivity index (χ1) is 15.7. The maximum Gasteiger partial charge on any atom is 0.433 e. The molecule has 1 atom stereocenters. The molecule has 1 saturated heterocycles. The fourth-order valence-corrected chi connectivity index (χ4v) is 3.55. The highest BCUT2D eigenvalue weighted by molar-refractivity contribution is 5.92. The molecule has 1 unspecified atom stereocenters. The summed E-state index contributed by atoms with van der Waals surface area (Å²) in [5.74, 6) is -1.23. The number of carbonyl (C=O) groups excluding carboxylic acids is 2. The number of hydrogen-bond donors (Lipinski definition) is 2. The van der Waals surface area contributed by atoms with E-state index in [2.05, 4.69) is 20.7 Å². The zero-order valence-corrected chi connectivity index (χ0v) is 17.2. The third-order valence-corrected chi connectivity index (χ3v) is 5.22. The number of amides is 2. The second-order valence-electron chi connectivity index (χ2n) is 7.64. The number of rotatable bonds is 5. The Balaban J connectivity index is 1.42. The highest BCUT2D eigenvalue weighted by atomic mass is 19.4. The summed E-state index contributed by atoms with van der Waals surface area (Å²) in [7, 11) is 0. The van der Waals surface area contributed by atoms with Gasteiger partial charge in [0.1, 0.15) is 11.5 Å². The van der Waals surface area contributed by atoms with Gasteiger partial charge in [0.15, 0.2) is 0 Å². The number of anilines is 1. The van der Waals surface area contributed by atoms with Gasteiger partial charge >= 0.3 is 6.18 Å². The van der Waals surface area contributed by atoms with Crippen molar-refractivity contribution in [2.45, 2.75) is 31.5 Å². The maximum atomic E-state index is 14.7. The third kappa shape index (κ3) is 5.36. The molecule has 7 nitrogen and oxygen atoms in total. The largest absolute Gasteiger partial charge is 0.433 e. The average molecular weight is 461 g/mol. The van der Waals surface area contributed by atoms with Gasteiger partial charge < -0.3 is 10.6 Å². The highest BCUT2D eigenvalue weighted by Gasteiger charge is 2.32. The maximum absolute atomic E-state index is 14.7. The number of aromatic nitrogens is 3. The molecule has 0 saturated carbocycles. The molecule has 0 spiro atoms. The minimum absolute atomic E-state index is 0.00820. The lowest BCUT2D eigenvalue weighted by Gasteiger charge is -2.22. The second kappa shape index (κ2) is 9.00. The molecule has 2 N–H and O–H groups in total. The Kier molecular flexibility index (Phi) is 6.12. The lowest BCUT2D eigenvalue weighted by Crippen LogP contribution is -2.36. The van der Waals surface area contributed by atoms with E-state index in [0.717, 1.165) is 12.1 Å². The van der Waals surface area contributed by atoms with Crippen molar-refractivity contribution in [3.63, 3.8) is 0 Å². The van der Waals surface area contributed by atoms with E-state index in [9.17, 15) is 27.2 Å². The zero-order valence-electron chi connectivity index (χ0n) is 17.2. The van der Waals surface area contributed by atoms with Crippen LogP contribution in [0.3, 0.4) is 0 Å². The van der Waals surface area contributed by atoms with Crippen LogP contribution in [0.5, 0.6) is 0 Å². The van der Waals surface area contributed by atoms with Gasteiger partial charge in [-0.25, -0.2) is 9.37 Å². The Hall–Kier alpha value is -3.76. The van der Waals surface area contributed by atoms with Crippen molar-refractivity contribution in [3.8, 4) is 11.1 Å². The van der Waals surface area contributed by atoms with Crippen LogP contribution in [-0.2, 0) is 22.2 Å². The number of hydrogen-bond acceptors (Lipinski definition) is 4. The van der Waals surface area contributed by atoms with Gasteiger partial charge in [-0.05, 0) is 36.8 Å². The van der Waals surface area contributed by atoms with E-state index < -0.39 is 30.0 Å². The van der Waals surface area contributed by atoms with E-state index in [1.165, 1.54) is 30.5 Å². The number of carbonyl (C=O) groups is 2. The van der Waals surface area contributed by atoms with Gasteiger partial charge in [0.2, 0.25) is 11.8 Å². The Morgan fingerprint density at radius 3 is 2.76 bits per heavy atom. The van der Waals surface area contributed by atoms with Crippen LogP contribution in [0.25, 0.3) is 11.1 Å². The normalized spacial score (nSPS) is 16.4. The van der Waals surface area contributed by atoms with E-state index >= 15 is 0 Å². The number of piperidine rings is 1. The predicted octanol–water partition coefficient (Wildman–Crippen LogP) is 3.74. The Bertz CT molecular complexity index is 1180. The standard InChI is InChI=1S/C22H19F4N5O2/c23-18-8-15(30-21(33)9-14-2-1-3-19(29-14)22(24,25)26)4-6-17(18)13-10-28-31(12-13)16-5-7-20(32)27-11-16/h1-4,6,8,10,12,16H,5,7,9,11H2,(H,27,32)(H,30,33). The summed E-state index contributed by atoms with van der Waals surface area (Å²) in [4.78, 5) is 27.0. The summed E-state index contributed by atoms with van der Waals surface area (Å²) in [6.45, 7) is 0.453. The quantitative estimate of drug-likeness (QED) is 0.567. The topological polar surface area (TPSA) is 88.9 Å². The molecule has 33 heavy (non-hydrogen) atoms. The molecule has 0 radical (unpaired) electrons. The number of alkyl halides is 3. The van der Waals surface area contributed by atoms with E-state index in [-0.39, 0.29) is 28.9 Å². The minimum Gasteiger partial charge on any atom is -0.354 e. The number of benzene rings is 1. The summed E-state index contributed by atoms with van der Waals surface area (Å²) < 4.78 is 54.7. The van der Waals surface area contributed by atoms with E-state index in [1.807, 2.05) is 0 Å². The molecule has 1 aromatic carbocycles. The van der Waals surface area contributed by atoms with E-state index in [1.54, 1.807) is 10.9 Å². The van der Waals surface area contributed by atoms with Crippen LogP contribution >= 0.6 is 0 Å². The molecule has 3 aromatic rings. The van der Waals surface area contributed by atoms with Crippen molar-refractivity contribution >= 4 is 17.5 Å². The number of pyridine rings is 1. The number of nitrogens with zero attached hydrogens (tertiary/aromatic N) is 3. The van der Waals surface area contributed by atoms with E-state index in [0.29, 0.717) is 24.9 Å². The molecule has 11 heteroatoms. The van der Waals surface area contributed by atoms with E-state index in [4.69, 9.17) is 0 Å². The molecular weight excluding hydrogens is 442 g/mol. The molecule has 0 bridgehead atoms. The van der Waals surface area contributed by atoms with Crippen LogP contribution in [0.2, 0.25) is 0 Å². The fourth-order valence-electron chi connectivity index (χ4n) is 3.55. The predicted molar refractivity (Wildman–Crippen MR) is 110 cm³/mol. The van der Waals surface area contributed by atoms with Gasteiger partial charge in [0, 0.05) is 36.0 Å². The summed E-state index contributed by atoms with van der Waals surface area (Å²) in [6, 6.07) is 7.41. The molecule has 2 aromatic heterocycles. The molecule has 3 heterocycles. The van der Waals surface area contributed by atoms with Crippen molar-refractivity contribution < 1.29 is 27.2 Å². The monoisotopic (exact) mass is 461 g/mol. The minimum atomic E-state index is -4.61. The van der Waals surface area contributed by atoms with Gasteiger partial charge in [-0.1, -0.05) is 6.07 Å². The molecule has 172 valence electrons. The van der Waals surface area contributed by atoms with Gasteiger partial charge in [-0.3, -0.25) is 14.3 Å². The first-order valence-corrected chi connectivity index (χ1v) is 10.1. The van der Waals surface area contributed by atoms with Crippen LogP contribution < -0.4 is 10.6 Å². The molecule has 1 aliphatic rings. The Morgan fingerprint density at radius 1 is 1.24 bits per heavy atom. The summed E-state index contributed by atoms with van der Waals surface area (Å²) >= 11 is 0. The van der Waals surface area contributed by atoms with Gasteiger partial charge in [-0.15, -0.1) is 0 Å². The van der Waals surface area contributed by atoms with Crippen molar-refractivity contribution in [1.29, 1.82) is 0 Å². The van der Waals surface area contributed by atoms with Crippen LogP contribution in [0.15, 0.2) is 48.8 Å². The van der Waals surface area contributed by atoms with Crippen molar-refractivity contribution in [1.82, 2.24) is 20.1 Å². The molecule has 1 aliphatic heterocycles. The van der Waals surface area contributed by atoms with Crippen LogP contribution in [0, 0.1) is 5.82 Å². The first-order valence-electron chi connectivity index (χ1n) is 10.1. The highest BCUT2D eigenvalue weighted by Crippen LogP contribution is 2.28. The lowest BCUT2D eigenvalue weighted by atomic mass is 10.1. The molecular formula is C22H19F4N5O2. The van der Waals surface area contributed by atoms with Crippen LogP contribution in [0.1, 0.15) is 30.3 Å². The fraction of sp³-hybridized carbons (Fsp3) is 0.273. The Labute approximate surface area is 185 Å². The van der Waals surface area contributed by atoms with Crippen molar-refractivity contribution in [2.75, 3.05) is 11.9 Å². The SMILES string of the molecule is O=C1CCC(n2cc(-c3ccc(NC(=O)Cc4cccc(C(F)(F)F)n4)cc3F)cn2)CN1. The summed E-state index contributed by atoms with van der Waals surface area (Å²) in [5, 5.41) is 9.50. The molecule has 2 amide bonds. The van der Waals surface area contributed by atoms with Crippen LogP contribution in [0.4, 0.5) is 23.2 Å².